The first-order valence-corrected chi connectivity index (χ1v) is 33.2. The van der Waals surface area contributed by atoms with Gasteiger partial charge in [0.25, 0.3) is 0 Å². The summed E-state index contributed by atoms with van der Waals surface area (Å²) >= 11 is 0. The fourth-order valence-corrected chi connectivity index (χ4v) is 13.1. The summed E-state index contributed by atoms with van der Waals surface area (Å²) in [5.41, 5.74) is 16.2. The number of likely N-dealkylation sites (tertiary alicyclic amines) is 4. The molecule has 98 heavy (non-hydrogen) atoms. The van der Waals surface area contributed by atoms with Crippen molar-refractivity contribution >= 4 is 76.8 Å². The number of aliphatic hydroxyl groups is 6. The molecular formula is C60H100N16O22. The summed E-state index contributed by atoms with van der Waals surface area (Å²) in [6.45, 7) is 5.24. The molecule has 552 valence electrons. The Labute approximate surface area is 566 Å². The molecule has 6 aliphatic heterocycles. The lowest BCUT2D eigenvalue weighted by Crippen LogP contribution is -2.67. The molecule has 12 amide bonds. The number of rotatable bonds is 31. The number of nitrogens with two attached hydrogens (primary N) is 3. The van der Waals surface area contributed by atoms with E-state index in [1.54, 1.807) is 7.05 Å². The highest BCUT2D eigenvalue weighted by Gasteiger charge is 2.52. The lowest BCUT2D eigenvalue weighted by Gasteiger charge is -2.48. The third-order valence-corrected chi connectivity index (χ3v) is 18.5. The number of carbonyl (C=O) groups excluding carboxylic acids is 12. The quantitative estimate of drug-likeness (QED) is 0.0174. The van der Waals surface area contributed by atoms with Crippen LogP contribution in [0.15, 0.2) is 4.99 Å². The lowest BCUT2D eigenvalue weighted by molar-refractivity contribution is -0.341. The first kappa shape index (κ1) is 79.5. The number of primary amides is 1. The van der Waals surface area contributed by atoms with E-state index in [9.17, 15) is 88.2 Å². The van der Waals surface area contributed by atoms with Crippen molar-refractivity contribution in [3.05, 3.63) is 0 Å². The number of aliphatic imine (C=N–C) groups is 1. The van der Waals surface area contributed by atoms with Crippen LogP contribution in [0, 0.1) is 5.92 Å². The molecular weight excluding hydrogens is 1300 g/mol. The van der Waals surface area contributed by atoms with Crippen LogP contribution in [0.25, 0.3) is 0 Å². The molecule has 0 saturated carbocycles. The maximum atomic E-state index is 14.7. The van der Waals surface area contributed by atoms with Gasteiger partial charge in [-0.3, -0.25) is 62.5 Å². The zero-order valence-electron chi connectivity index (χ0n) is 56.2. The molecule has 6 saturated heterocycles. The van der Waals surface area contributed by atoms with Gasteiger partial charge < -0.3 is 129 Å². The van der Waals surface area contributed by atoms with Gasteiger partial charge in [0.15, 0.2) is 18.5 Å². The predicted molar refractivity (Wildman–Crippen MR) is 339 cm³/mol. The molecule has 0 aromatic carbocycles. The van der Waals surface area contributed by atoms with Crippen molar-refractivity contribution in [2.24, 2.45) is 28.1 Å². The third-order valence-electron chi connectivity index (χ3n) is 18.5. The van der Waals surface area contributed by atoms with Crippen molar-refractivity contribution in [1.82, 2.24) is 62.1 Å². The smallest absolute Gasteiger partial charge is 0.246 e. The summed E-state index contributed by atoms with van der Waals surface area (Å²) in [7, 11) is 1.62. The zero-order chi connectivity index (χ0) is 72.6. The summed E-state index contributed by atoms with van der Waals surface area (Å²) in [4.78, 5) is 172. The number of nitrogens with zero attached hydrogens (tertiary/aromatic N) is 5. The minimum atomic E-state index is -1.91. The Morgan fingerprint density at radius 1 is 0.602 bits per heavy atom. The van der Waals surface area contributed by atoms with Crippen LogP contribution in [0.1, 0.15) is 106 Å². The molecule has 38 heteroatoms. The van der Waals surface area contributed by atoms with E-state index in [1.807, 2.05) is 0 Å². The second-order valence-corrected chi connectivity index (χ2v) is 25.6. The van der Waals surface area contributed by atoms with E-state index in [4.69, 9.17) is 36.1 Å². The van der Waals surface area contributed by atoms with E-state index < -0.39 is 219 Å². The fraction of sp³-hybridized carbons (Fsp3) is 0.783. The van der Waals surface area contributed by atoms with Crippen molar-refractivity contribution in [3.63, 3.8) is 0 Å². The number of ether oxygens (including phenoxy) is 4. The second-order valence-electron chi connectivity index (χ2n) is 25.6. The molecule has 6 fully saturated rings. The summed E-state index contributed by atoms with van der Waals surface area (Å²) < 4.78 is 24.1. The van der Waals surface area contributed by atoms with Gasteiger partial charge in [0.2, 0.25) is 70.9 Å². The lowest BCUT2D eigenvalue weighted by atomic mass is 9.91. The number of hydrogen-bond acceptors (Lipinski definition) is 24. The molecule has 20 N–H and O–H groups in total. The maximum absolute atomic E-state index is 14.7. The average Bonchev–Trinajstić information content (AvgIpc) is 1.65. The molecule has 0 aliphatic carbocycles. The minimum absolute atomic E-state index is 0.0531. The van der Waals surface area contributed by atoms with E-state index >= 15 is 0 Å². The summed E-state index contributed by atoms with van der Waals surface area (Å²) in [6.07, 6.45) is -11.0. The Balaban J connectivity index is 1.15. The molecule has 0 spiro atoms. The van der Waals surface area contributed by atoms with Crippen LogP contribution < -0.4 is 59.7 Å². The van der Waals surface area contributed by atoms with Crippen molar-refractivity contribution in [1.29, 1.82) is 0 Å². The van der Waals surface area contributed by atoms with Crippen LogP contribution in [-0.4, -0.2) is 315 Å². The number of hydrogen-bond donors (Lipinski definition) is 17. The number of likely N-dealkylation sites (N-methyl/N-ethyl adjacent to an activating group) is 1. The van der Waals surface area contributed by atoms with Crippen LogP contribution in [0.2, 0.25) is 0 Å². The third kappa shape index (κ3) is 19.9. The molecule has 0 bridgehead atoms. The van der Waals surface area contributed by atoms with E-state index in [1.165, 1.54) is 54.2 Å². The fourth-order valence-electron chi connectivity index (χ4n) is 13.1. The summed E-state index contributed by atoms with van der Waals surface area (Å²) in [5, 5.41) is 84.4. The average molecular weight is 1400 g/mol. The topological polar surface area (TPSA) is 563 Å². The Bertz CT molecular complexity index is 2880. The first-order valence-electron chi connectivity index (χ1n) is 33.2. The van der Waals surface area contributed by atoms with Gasteiger partial charge in [-0.1, -0.05) is 6.92 Å². The number of carbonyl (C=O) groups is 12. The van der Waals surface area contributed by atoms with Crippen molar-refractivity contribution in [2.45, 2.75) is 228 Å². The summed E-state index contributed by atoms with van der Waals surface area (Å²) in [6, 6.07) is -13.6. The molecule has 6 aliphatic rings. The highest BCUT2D eigenvalue weighted by molar-refractivity contribution is 5.99. The van der Waals surface area contributed by atoms with Gasteiger partial charge >= 0.3 is 0 Å². The van der Waals surface area contributed by atoms with Crippen LogP contribution >= 0.6 is 0 Å². The van der Waals surface area contributed by atoms with E-state index in [0.29, 0.717) is 58.0 Å². The second kappa shape index (κ2) is 36.5. The molecule has 6 rings (SSSR count). The van der Waals surface area contributed by atoms with Gasteiger partial charge in [0.1, 0.15) is 90.9 Å². The number of aliphatic hydroxyl groups excluding tert-OH is 6. The van der Waals surface area contributed by atoms with Gasteiger partial charge in [-0.15, -0.1) is 0 Å². The predicted octanol–water partition coefficient (Wildman–Crippen LogP) is -9.88. The van der Waals surface area contributed by atoms with Gasteiger partial charge in [0, 0.05) is 45.6 Å². The van der Waals surface area contributed by atoms with Crippen molar-refractivity contribution in [2.75, 3.05) is 66.1 Å². The van der Waals surface area contributed by atoms with Crippen LogP contribution in [-0.2, 0) is 76.5 Å². The van der Waals surface area contributed by atoms with Gasteiger partial charge in [-0.2, -0.15) is 0 Å². The van der Waals surface area contributed by atoms with Crippen LogP contribution in [0.5, 0.6) is 0 Å². The molecule has 0 aromatic heterocycles. The van der Waals surface area contributed by atoms with Crippen molar-refractivity contribution in [3.8, 4) is 0 Å². The van der Waals surface area contributed by atoms with E-state index in [0.717, 1.165) is 6.92 Å². The molecule has 6 heterocycles. The van der Waals surface area contributed by atoms with Crippen LogP contribution in [0.3, 0.4) is 0 Å². The Kier molecular flexibility index (Phi) is 29.6. The highest BCUT2D eigenvalue weighted by atomic mass is 16.7. The van der Waals surface area contributed by atoms with Gasteiger partial charge in [-0.05, 0) is 99.0 Å². The highest BCUT2D eigenvalue weighted by Crippen LogP contribution is 2.34. The first-order chi connectivity index (χ1) is 46.4. The summed E-state index contributed by atoms with van der Waals surface area (Å²) in [5.74, 6) is -10.3. The number of guanidine groups is 1. The Hall–Kier alpha value is -7.53. The largest absolute Gasteiger partial charge is 0.394 e. The number of amides is 12. The molecule has 0 radical (unpaired) electrons. The van der Waals surface area contributed by atoms with E-state index in [-0.39, 0.29) is 50.8 Å². The van der Waals surface area contributed by atoms with Crippen molar-refractivity contribution < 1.29 is 107 Å². The monoisotopic (exact) mass is 1400 g/mol. The molecule has 0 aromatic rings. The van der Waals surface area contributed by atoms with Crippen LogP contribution in [0.4, 0.5) is 0 Å². The maximum Gasteiger partial charge on any atom is 0.246 e. The Morgan fingerprint density at radius 2 is 1.11 bits per heavy atom. The molecule has 21 atom stereocenters. The van der Waals surface area contributed by atoms with E-state index in [2.05, 4.69) is 47.5 Å². The van der Waals surface area contributed by atoms with Gasteiger partial charge in [0.05, 0.1) is 44.6 Å². The SMILES string of the molecule is CNC(CCCN=C(N)N)C(=O)N1CCCC1C(=O)NC(C)C(=O)N1CCCC1C(=O)NCC(=O)NC(CO)C(=O)NC(C(=O)NC(C)C(=O)N1CCCC1C(=O)N1CCCC1C(=O)NC(C)C(N)=O)C(C)O[C@H]1OC(CO)[C@H](O)C(O[C@@H]2OC(CO)[C@@H](O)C(O)[C@@H]2NC(C)=O)[C@@H]1C. The number of nitrogens with one attached hydrogen (secondary N) is 8. The zero-order valence-corrected chi connectivity index (χ0v) is 56.2. The minimum Gasteiger partial charge on any atom is -0.394 e. The van der Waals surface area contributed by atoms with Gasteiger partial charge in [-0.25, -0.2) is 0 Å². The molecule has 38 nitrogen and oxygen atoms in total. The normalized spacial score (nSPS) is 29.2. The molecule has 15 unspecified atom stereocenters. The Morgan fingerprint density at radius 3 is 1.66 bits per heavy atom. The standard InChI is InChI=1S/C60H100N16O22/c1-27-47(98-59-43(70-32(6)80)46(84)44(82)39(25-78)97-59)45(83)40(26-79)96-58(27)95-31(5)42(53(90)69-30(4)55(92)76-22-12-17-38(76)57(94)75-21-11-16-37(75)51(88)67-28(2)48(61)85)72-49(86)34(24-77)71-41(81)23-66-50(87)35-14-9-19-73(35)54(91)29(3)68-52(89)36-15-10-20-74(36)56(93)33(64-7)13-8-18-65-60(62)63/h27-31,33-40,42-47,58-59,64,77-79,82-84H,8-26H2,1-7H3,(H2,61,85)(H,66,87)(H,67,88)(H,68,89)(H,69,90)(H,70,80)(H,71,81)(H,72,86)(H4,62,63,65)/t27-,28?,29?,30?,31?,33?,34?,35?,36?,37?,38?,39?,40?,42?,43-,44+,45-,46?,47?,58-,59-/m0/s1.